The van der Waals surface area contributed by atoms with Crippen molar-refractivity contribution in [1.82, 2.24) is 15.6 Å². The number of carbonyl (C=O) groups excluding carboxylic acids is 1. The molecule has 1 aliphatic heterocycles. The van der Waals surface area contributed by atoms with Crippen molar-refractivity contribution < 1.29 is 4.79 Å². The zero-order valence-corrected chi connectivity index (χ0v) is 13.0. The zero-order valence-electron chi connectivity index (χ0n) is 12.2. The van der Waals surface area contributed by atoms with Gasteiger partial charge in [-0.1, -0.05) is 18.2 Å². The molecule has 1 saturated heterocycles. The number of pyridine rings is 1. The monoisotopic (exact) mass is 321 g/mol. The van der Waals surface area contributed by atoms with Gasteiger partial charge in [0.2, 0.25) is 5.56 Å². The first-order valence-corrected chi connectivity index (χ1v) is 7.35. The highest BCUT2D eigenvalue weighted by atomic mass is 35.5. The number of amides is 1. The van der Waals surface area contributed by atoms with Gasteiger partial charge in [-0.25, -0.2) is 0 Å². The number of rotatable bonds is 4. The lowest BCUT2D eigenvalue weighted by molar-refractivity contribution is 0.0953. The molecule has 1 fully saturated rings. The van der Waals surface area contributed by atoms with E-state index in [0.717, 1.165) is 24.9 Å². The van der Waals surface area contributed by atoms with E-state index < -0.39 is 0 Å². The standard InChI is InChI=1S/C16H19N3O2.ClH/c20-15-9-13(12-3-1-2-4-14(12)19-15)16(21)18-8-6-11-5-7-17-10-11;/h1-4,9,11,17H,5-8,10H2,(H,18,21)(H,19,20);1H. The highest BCUT2D eigenvalue weighted by molar-refractivity contribution is 6.05. The molecule has 2 heterocycles. The Hall–Kier alpha value is -1.85. The Morgan fingerprint density at radius 3 is 2.91 bits per heavy atom. The molecule has 1 unspecified atom stereocenters. The minimum Gasteiger partial charge on any atom is -0.352 e. The molecule has 0 bridgehead atoms. The summed E-state index contributed by atoms with van der Waals surface area (Å²) in [5, 5.41) is 7.02. The van der Waals surface area contributed by atoms with E-state index >= 15 is 0 Å². The predicted molar refractivity (Wildman–Crippen MR) is 89.7 cm³/mol. The highest BCUT2D eigenvalue weighted by Crippen LogP contribution is 2.15. The van der Waals surface area contributed by atoms with Crippen molar-refractivity contribution in [3.05, 3.63) is 46.2 Å². The average molecular weight is 322 g/mol. The van der Waals surface area contributed by atoms with Crippen LogP contribution in [0.2, 0.25) is 0 Å². The second kappa shape index (κ2) is 7.42. The minimum atomic E-state index is -0.251. The Balaban J connectivity index is 0.00000176. The van der Waals surface area contributed by atoms with E-state index in [1.165, 1.54) is 12.5 Å². The van der Waals surface area contributed by atoms with Crippen LogP contribution < -0.4 is 16.2 Å². The van der Waals surface area contributed by atoms with Crippen molar-refractivity contribution in [2.24, 2.45) is 5.92 Å². The Labute approximate surface area is 134 Å². The van der Waals surface area contributed by atoms with Crippen LogP contribution in [0.5, 0.6) is 0 Å². The fraction of sp³-hybridized carbons (Fsp3) is 0.375. The molecule has 0 spiro atoms. The van der Waals surface area contributed by atoms with Crippen molar-refractivity contribution in [2.75, 3.05) is 19.6 Å². The van der Waals surface area contributed by atoms with Crippen LogP contribution in [0.4, 0.5) is 0 Å². The second-order valence-corrected chi connectivity index (χ2v) is 5.50. The molecule has 6 heteroatoms. The van der Waals surface area contributed by atoms with Crippen molar-refractivity contribution in [3.8, 4) is 0 Å². The number of aromatic nitrogens is 1. The molecule has 1 aliphatic rings. The fourth-order valence-electron chi connectivity index (χ4n) is 2.84. The summed E-state index contributed by atoms with van der Waals surface area (Å²) in [6, 6.07) is 8.72. The quantitative estimate of drug-likeness (QED) is 0.802. The number of para-hydroxylation sites is 1. The molecule has 0 radical (unpaired) electrons. The Morgan fingerprint density at radius 1 is 1.32 bits per heavy atom. The number of halogens is 1. The van der Waals surface area contributed by atoms with E-state index in [4.69, 9.17) is 0 Å². The molecule has 1 atom stereocenters. The van der Waals surface area contributed by atoms with Gasteiger partial charge in [0.15, 0.2) is 0 Å². The summed E-state index contributed by atoms with van der Waals surface area (Å²) in [5.74, 6) is 0.462. The van der Waals surface area contributed by atoms with Gasteiger partial charge in [-0.05, 0) is 37.9 Å². The predicted octanol–water partition coefficient (Wildman–Crippen LogP) is 1.68. The summed E-state index contributed by atoms with van der Waals surface area (Å²) >= 11 is 0. The summed E-state index contributed by atoms with van der Waals surface area (Å²) in [6.07, 6.45) is 2.14. The lowest BCUT2D eigenvalue weighted by Crippen LogP contribution is -2.27. The largest absolute Gasteiger partial charge is 0.352 e. The molecular formula is C16H20ClN3O2. The third-order valence-electron chi connectivity index (χ3n) is 4.00. The van der Waals surface area contributed by atoms with Gasteiger partial charge in [0, 0.05) is 23.5 Å². The Bertz CT molecular complexity index is 708. The van der Waals surface area contributed by atoms with Gasteiger partial charge >= 0.3 is 0 Å². The molecule has 3 N–H and O–H groups in total. The van der Waals surface area contributed by atoms with Crippen LogP contribution in [0.15, 0.2) is 35.1 Å². The van der Waals surface area contributed by atoms with Gasteiger partial charge in [0.25, 0.3) is 5.91 Å². The fourth-order valence-corrected chi connectivity index (χ4v) is 2.84. The highest BCUT2D eigenvalue weighted by Gasteiger charge is 2.15. The van der Waals surface area contributed by atoms with E-state index in [-0.39, 0.29) is 23.9 Å². The number of fused-ring (bicyclic) bond motifs is 1. The molecule has 22 heavy (non-hydrogen) atoms. The van der Waals surface area contributed by atoms with E-state index in [1.54, 1.807) is 6.07 Å². The van der Waals surface area contributed by atoms with Crippen molar-refractivity contribution in [1.29, 1.82) is 0 Å². The lowest BCUT2D eigenvalue weighted by atomic mass is 10.0. The SMILES string of the molecule is Cl.O=C(NCCC1CCNC1)c1cc(=O)[nH]c2ccccc12. The first-order chi connectivity index (χ1) is 10.2. The van der Waals surface area contributed by atoms with Gasteiger partial charge in [-0.2, -0.15) is 0 Å². The van der Waals surface area contributed by atoms with E-state index in [1.807, 2.05) is 18.2 Å². The number of hydrogen-bond acceptors (Lipinski definition) is 3. The van der Waals surface area contributed by atoms with Gasteiger partial charge in [0.05, 0.1) is 5.56 Å². The molecule has 3 rings (SSSR count). The van der Waals surface area contributed by atoms with Crippen LogP contribution in [0.3, 0.4) is 0 Å². The summed E-state index contributed by atoms with van der Waals surface area (Å²) in [6.45, 7) is 2.74. The summed E-state index contributed by atoms with van der Waals surface area (Å²) in [7, 11) is 0. The van der Waals surface area contributed by atoms with Gasteiger partial charge < -0.3 is 15.6 Å². The van der Waals surface area contributed by atoms with Crippen LogP contribution in [-0.2, 0) is 0 Å². The van der Waals surface area contributed by atoms with Crippen LogP contribution >= 0.6 is 12.4 Å². The van der Waals surface area contributed by atoms with Crippen molar-refractivity contribution >= 4 is 29.2 Å². The molecule has 1 amide bonds. The van der Waals surface area contributed by atoms with E-state index in [9.17, 15) is 9.59 Å². The number of hydrogen-bond donors (Lipinski definition) is 3. The number of H-pyrrole nitrogens is 1. The normalized spacial score (nSPS) is 17.2. The first kappa shape index (κ1) is 16.5. The summed E-state index contributed by atoms with van der Waals surface area (Å²) in [4.78, 5) is 26.7. The Morgan fingerprint density at radius 2 is 2.14 bits per heavy atom. The average Bonchev–Trinajstić information content (AvgIpc) is 2.99. The van der Waals surface area contributed by atoms with Gasteiger partial charge in [0.1, 0.15) is 0 Å². The number of carbonyl (C=O) groups is 1. The molecular weight excluding hydrogens is 302 g/mol. The Kier molecular flexibility index (Phi) is 5.57. The van der Waals surface area contributed by atoms with Gasteiger partial charge in [-0.3, -0.25) is 9.59 Å². The first-order valence-electron chi connectivity index (χ1n) is 7.35. The van der Waals surface area contributed by atoms with Crippen LogP contribution in [-0.4, -0.2) is 30.5 Å². The van der Waals surface area contributed by atoms with Crippen molar-refractivity contribution in [3.63, 3.8) is 0 Å². The third kappa shape index (κ3) is 3.67. The maximum Gasteiger partial charge on any atom is 0.252 e. The minimum absolute atomic E-state index is 0. The number of aromatic amines is 1. The third-order valence-corrected chi connectivity index (χ3v) is 4.00. The van der Waals surface area contributed by atoms with Crippen LogP contribution in [0.1, 0.15) is 23.2 Å². The topological polar surface area (TPSA) is 74.0 Å². The van der Waals surface area contributed by atoms with Crippen LogP contribution in [0.25, 0.3) is 10.9 Å². The lowest BCUT2D eigenvalue weighted by Gasteiger charge is -2.10. The summed E-state index contributed by atoms with van der Waals surface area (Å²) < 4.78 is 0. The van der Waals surface area contributed by atoms with Crippen LogP contribution in [0, 0.1) is 5.92 Å². The molecule has 2 aromatic rings. The molecule has 1 aromatic carbocycles. The molecule has 118 valence electrons. The second-order valence-electron chi connectivity index (χ2n) is 5.50. The van der Waals surface area contributed by atoms with E-state index in [0.29, 0.717) is 23.5 Å². The zero-order chi connectivity index (χ0) is 14.7. The van der Waals surface area contributed by atoms with E-state index in [2.05, 4.69) is 15.6 Å². The molecule has 5 nitrogen and oxygen atoms in total. The number of nitrogens with one attached hydrogen (secondary N) is 3. The number of benzene rings is 1. The maximum atomic E-state index is 12.3. The molecule has 1 aromatic heterocycles. The smallest absolute Gasteiger partial charge is 0.252 e. The maximum absolute atomic E-state index is 12.3. The van der Waals surface area contributed by atoms with Gasteiger partial charge in [-0.15, -0.1) is 12.4 Å². The summed E-state index contributed by atoms with van der Waals surface area (Å²) in [5.41, 5.74) is 0.882. The van der Waals surface area contributed by atoms with Crippen molar-refractivity contribution in [2.45, 2.75) is 12.8 Å². The molecule has 0 saturated carbocycles. The molecule has 0 aliphatic carbocycles.